The summed E-state index contributed by atoms with van der Waals surface area (Å²) in [6.07, 6.45) is 0. The summed E-state index contributed by atoms with van der Waals surface area (Å²) in [6, 6.07) is 13.8. The van der Waals surface area contributed by atoms with Gasteiger partial charge in [-0.2, -0.15) is 0 Å². The predicted molar refractivity (Wildman–Crippen MR) is 84.5 cm³/mol. The maximum atomic E-state index is 6.11. The fraction of sp³-hybridized carbons (Fsp3) is 0.143. The minimum atomic E-state index is 0.455. The van der Waals surface area contributed by atoms with E-state index < -0.39 is 0 Å². The Balaban J connectivity index is 2.04. The van der Waals surface area contributed by atoms with Gasteiger partial charge in [-0.15, -0.1) is 11.6 Å². The molecule has 0 fully saturated rings. The Bertz CT molecular complexity index is 526. The average Bonchev–Trinajstić information content (AvgIpc) is 2.39. The first-order valence-corrected chi connectivity index (χ1v) is 7.40. The van der Waals surface area contributed by atoms with E-state index in [1.807, 2.05) is 30.3 Å². The summed E-state index contributed by atoms with van der Waals surface area (Å²) in [5.74, 6) is 1.14. The van der Waals surface area contributed by atoms with Crippen molar-refractivity contribution in [2.45, 2.75) is 12.5 Å². The number of halogens is 3. The van der Waals surface area contributed by atoms with Crippen LogP contribution < -0.4 is 4.74 Å². The summed E-state index contributed by atoms with van der Waals surface area (Å²) in [6.45, 7) is 0.511. The van der Waals surface area contributed by atoms with Crippen molar-refractivity contribution < 1.29 is 4.74 Å². The van der Waals surface area contributed by atoms with Gasteiger partial charge in [-0.05, 0) is 58.0 Å². The normalized spacial score (nSPS) is 10.4. The fourth-order valence-electron chi connectivity index (χ4n) is 1.49. The molecule has 0 amide bonds. The van der Waals surface area contributed by atoms with Gasteiger partial charge in [0, 0.05) is 9.45 Å². The first-order chi connectivity index (χ1) is 8.69. The van der Waals surface area contributed by atoms with Crippen molar-refractivity contribution in [1.29, 1.82) is 0 Å². The standard InChI is InChI=1S/C14H11Cl2IO/c15-8-11-3-6-14(13(16)7-11)18-9-10-1-4-12(17)5-2-10/h1-7H,8-9H2. The zero-order chi connectivity index (χ0) is 13.0. The first kappa shape index (κ1) is 14.0. The summed E-state index contributed by atoms with van der Waals surface area (Å²) in [5.41, 5.74) is 2.11. The molecule has 0 aliphatic carbocycles. The van der Waals surface area contributed by atoms with Gasteiger partial charge in [-0.1, -0.05) is 29.8 Å². The maximum Gasteiger partial charge on any atom is 0.138 e. The molecule has 0 heterocycles. The van der Waals surface area contributed by atoms with Crippen molar-refractivity contribution in [3.63, 3.8) is 0 Å². The molecule has 18 heavy (non-hydrogen) atoms. The average molecular weight is 393 g/mol. The number of hydrogen-bond acceptors (Lipinski definition) is 1. The van der Waals surface area contributed by atoms with Gasteiger partial charge in [0.1, 0.15) is 12.4 Å². The van der Waals surface area contributed by atoms with E-state index in [2.05, 4.69) is 34.7 Å². The fourth-order valence-corrected chi connectivity index (χ4v) is 2.27. The summed E-state index contributed by atoms with van der Waals surface area (Å²) >= 11 is 14.1. The third-order valence-electron chi connectivity index (χ3n) is 2.46. The lowest BCUT2D eigenvalue weighted by Gasteiger charge is -2.09. The van der Waals surface area contributed by atoms with Gasteiger partial charge < -0.3 is 4.74 Å². The van der Waals surface area contributed by atoms with Crippen molar-refractivity contribution >= 4 is 45.8 Å². The van der Waals surface area contributed by atoms with E-state index in [1.54, 1.807) is 0 Å². The lowest BCUT2D eigenvalue weighted by molar-refractivity contribution is 0.306. The van der Waals surface area contributed by atoms with Gasteiger partial charge in [-0.3, -0.25) is 0 Å². The SMILES string of the molecule is ClCc1ccc(OCc2ccc(I)cc2)c(Cl)c1. The van der Waals surface area contributed by atoms with Crippen LogP contribution in [0, 0.1) is 3.57 Å². The second kappa shape index (κ2) is 6.64. The minimum Gasteiger partial charge on any atom is -0.487 e. The van der Waals surface area contributed by atoms with Crippen LogP contribution in [0.5, 0.6) is 5.75 Å². The topological polar surface area (TPSA) is 9.23 Å². The third-order valence-corrected chi connectivity index (χ3v) is 3.78. The molecule has 0 aliphatic rings. The summed E-state index contributed by atoms with van der Waals surface area (Å²) in [4.78, 5) is 0. The number of ether oxygens (including phenoxy) is 1. The molecular weight excluding hydrogens is 382 g/mol. The van der Waals surface area contributed by atoms with Gasteiger partial charge in [0.25, 0.3) is 0 Å². The van der Waals surface area contributed by atoms with Crippen LogP contribution in [0.25, 0.3) is 0 Å². The monoisotopic (exact) mass is 392 g/mol. The molecule has 1 nitrogen and oxygen atoms in total. The Labute approximate surface area is 130 Å². The molecule has 0 N–H and O–H groups in total. The Hall–Kier alpha value is -0.450. The molecule has 0 unspecified atom stereocenters. The summed E-state index contributed by atoms with van der Waals surface area (Å²) in [5, 5.41) is 0.596. The molecule has 0 spiro atoms. The van der Waals surface area contributed by atoms with E-state index in [4.69, 9.17) is 27.9 Å². The van der Waals surface area contributed by atoms with E-state index >= 15 is 0 Å². The van der Waals surface area contributed by atoms with Crippen molar-refractivity contribution in [1.82, 2.24) is 0 Å². The number of benzene rings is 2. The minimum absolute atomic E-state index is 0.455. The van der Waals surface area contributed by atoms with Crippen LogP contribution in [-0.2, 0) is 12.5 Å². The number of alkyl halides is 1. The lowest BCUT2D eigenvalue weighted by atomic mass is 10.2. The van der Waals surface area contributed by atoms with Crippen molar-refractivity contribution in [2.75, 3.05) is 0 Å². The molecule has 4 heteroatoms. The van der Waals surface area contributed by atoms with Gasteiger partial charge in [0.15, 0.2) is 0 Å². The van der Waals surface area contributed by atoms with Crippen molar-refractivity contribution in [3.05, 3.63) is 62.2 Å². The molecule has 0 saturated heterocycles. The van der Waals surface area contributed by atoms with E-state index in [-0.39, 0.29) is 0 Å². The summed E-state index contributed by atoms with van der Waals surface area (Å²) < 4.78 is 6.89. The van der Waals surface area contributed by atoms with Gasteiger partial charge in [-0.25, -0.2) is 0 Å². The lowest BCUT2D eigenvalue weighted by Crippen LogP contribution is -1.96. The Morgan fingerprint density at radius 2 is 1.67 bits per heavy atom. The zero-order valence-corrected chi connectivity index (χ0v) is 13.2. The highest BCUT2D eigenvalue weighted by Gasteiger charge is 2.03. The molecule has 2 aromatic carbocycles. The molecule has 0 aromatic heterocycles. The van der Waals surface area contributed by atoms with Crippen molar-refractivity contribution in [3.8, 4) is 5.75 Å². The number of hydrogen-bond donors (Lipinski definition) is 0. The predicted octanol–water partition coefficient (Wildman–Crippen LogP) is 5.26. The molecule has 0 radical (unpaired) electrons. The molecule has 2 aromatic rings. The van der Waals surface area contributed by atoms with Gasteiger partial charge in [0.05, 0.1) is 5.02 Å². The molecule has 0 atom stereocenters. The van der Waals surface area contributed by atoms with E-state index in [9.17, 15) is 0 Å². The van der Waals surface area contributed by atoms with Crippen LogP contribution in [0.4, 0.5) is 0 Å². The van der Waals surface area contributed by atoms with Crippen LogP contribution in [0.15, 0.2) is 42.5 Å². The maximum absolute atomic E-state index is 6.11. The first-order valence-electron chi connectivity index (χ1n) is 5.40. The highest BCUT2D eigenvalue weighted by atomic mass is 127. The van der Waals surface area contributed by atoms with Crippen LogP contribution in [0.3, 0.4) is 0 Å². The zero-order valence-electron chi connectivity index (χ0n) is 9.50. The van der Waals surface area contributed by atoms with Crippen molar-refractivity contribution in [2.24, 2.45) is 0 Å². The van der Waals surface area contributed by atoms with E-state index in [0.29, 0.717) is 23.3 Å². The highest BCUT2D eigenvalue weighted by molar-refractivity contribution is 14.1. The second-order valence-corrected chi connectivity index (χ2v) is 5.73. The van der Waals surface area contributed by atoms with Crippen LogP contribution in [-0.4, -0.2) is 0 Å². The molecule has 2 rings (SSSR count). The molecule has 0 bridgehead atoms. The molecule has 0 saturated carbocycles. The molecule has 0 aliphatic heterocycles. The Morgan fingerprint density at radius 3 is 2.28 bits per heavy atom. The quantitative estimate of drug-likeness (QED) is 0.509. The second-order valence-electron chi connectivity index (χ2n) is 3.81. The van der Waals surface area contributed by atoms with E-state index in [1.165, 1.54) is 3.57 Å². The largest absolute Gasteiger partial charge is 0.487 e. The highest BCUT2D eigenvalue weighted by Crippen LogP contribution is 2.26. The Morgan fingerprint density at radius 1 is 1.00 bits per heavy atom. The van der Waals surface area contributed by atoms with Gasteiger partial charge >= 0.3 is 0 Å². The number of rotatable bonds is 4. The van der Waals surface area contributed by atoms with Gasteiger partial charge in [0.2, 0.25) is 0 Å². The smallest absolute Gasteiger partial charge is 0.138 e. The Kier molecular flexibility index (Phi) is 5.15. The summed E-state index contributed by atoms with van der Waals surface area (Å²) in [7, 11) is 0. The van der Waals surface area contributed by atoms with E-state index in [0.717, 1.165) is 11.1 Å². The van der Waals surface area contributed by atoms with Crippen LogP contribution >= 0.6 is 45.8 Å². The third kappa shape index (κ3) is 3.77. The van der Waals surface area contributed by atoms with Crippen LogP contribution in [0.2, 0.25) is 5.02 Å². The van der Waals surface area contributed by atoms with Crippen LogP contribution in [0.1, 0.15) is 11.1 Å². The molecular formula is C14H11Cl2IO. The molecule has 94 valence electrons.